The van der Waals surface area contributed by atoms with Gasteiger partial charge >= 0.3 is 0 Å². The monoisotopic (exact) mass is 224 g/mol. The van der Waals surface area contributed by atoms with Gasteiger partial charge in [0.25, 0.3) is 0 Å². The molecule has 96 valence electrons. The summed E-state index contributed by atoms with van der Waals surface area (Å²) < 4.78 is 0. The summed E-state index contributed by atoms with van der Waals surface area (Å²) in [7, 11) is 0. The summed E-state index contributed by atoms with van der Waals surface area (Å²) in [6.45, 7) is 17.4. The molecule has 1 aliphatic carbocycles. The molecule has 0 aromatic carbocycles. The molecule has 0 N–H and O–H groups in total. The fourth-order valence-corrected chi connectivity index (χ4v) is 1.77. The standard InChI is InChI=1S/C8H16.2C4H8/c1-5-6(2)8(4)7(5)3;2*1-3-4-2/h5-8H,1-4H3;2*3-4H,1-2H3/b;2*4-3-. The van der Waals surface area contributed by atoms with Crippen molar-refractivity contribution in [1.29, 1.82) is 0 Å². The van der Waals surface area contributed by atoms with E-state index in [1.807, 2.05) is 52.0 Å². The summed E-state index contributed by atoms with van der Waals surface area (Å²) in [4.78, 5) is 0. The van der Waals surface area contributed by atoms with E-state index < -0.39 is 0 Å². The molecule has 0 aliphatic heterocycles. The molecule has 1 rings (SSSR count). The number of allylic oxidation sites excluding steroid dienone is 4. The lowest BCUT2D eigenvalue weighted by molar-refractivity contribution is 0.0302. The van der Waals surface area contributed by atoms with Gasteiger partial charge < -0.3 is 0 Å². The minimum absolute atomic E-state index is 0.977. The van der Waals surface area contributed by atoms with Crippen molar-refractivity contribution in [2.45, 2.75) is 55.4 Å². The second-order valence-electron chi connectivity index (χ2n) is 4.77. The highest BCUT2D eigenvalue weighted by molar-refractivity contribution is 4.86. The summed E-state index contributed by atoms with van der Waals surface area (Å²) in [5.74, 6) is 3.91. The van der Waals surface area contributed by atoms with Crippen LogP contribution >= 0.6 is 0 Å². The maximum atomic E-state index is 2.36. The molecule has 1 fully saturated rings. The smallest absolute Gasteiger partial charge is 0.0386 e. The van der Waals surface area contributed by atoms with E-state index in [-0.39, 0.29) is 0 Å². The van der Waals surface area contributed by atoms with E-state index >= 15 is 0 Å². The van der Waals surface area contributed by atoms with Crippen molar-refractivity contribution < 1.29 is 0 Å². The first-order valence-electron chi connectivity index (χ1n) is 6.62. The van der Waals surface area contributed by atoms with Gasteiger partial charge in [0.1, 0.15) is 0 Å². The lowest BCUT2D eigenvalue weighted by Crippen LogP contribution is -2.39. The zero-order chi connectivity index (χ0) is 13.1. The molecule has 0 spiro atoms. The number of hydrogen-bond acceptors (Lipinski definition) is 0. The highest BCUT2D eigenvalue weighted by Crippen LogP contribution is 2.44. The van der Waals surface area contributed by atoms with E-state index in [1.54, 1.807) is 0 Å². The van der Waals surface area contributed by atoms with E-state index in [0.717, 1.165) is 23.7 Å². The van der Waals surface area contributed by atoms with Gasteiger partial charge in [-0.1, -0.05) is 52.0 Å². The Morgan fingerprint density at radius 1 is 0.438 bits per heavy atom. The molecule has 0 heteroatoms. The van der Waals surface area contributed by atoms with Crippen molar-refractivity contribution in [2.75, 3.05) is 0 Å². The molecule has 0 atom stereocenters. The Hall–Kier alpha value is -0.520. The van der Waals surface area contributed by atoms with Crippen LogP contribution in [0.3, 0.4) is 0 Å². The first-order valence-corrected chi connectivity index (χ1v) is 6.62. The Bertz CT molecular complexity index is 138. The molecule has 0 aromatic heterocycles. The predicted octanol–water partition coefficient (Wildman–Crippen LogP) is 5.71. The van der Waals surface area contributed by atoms with E-state index in [9.17, 15) is 0 Å². The molecule has 0 heterocycles. The van der Waals surface area contributed by atoms with Gasteiger partial charge in [-0.2, -0.15) is 0 Å². The Morgan fingerprint density at radius 3 is 0.625 bits per heavy atom. The zero-order valence-electron chi connectivity index (χ0n) is 12.6. The van der Waals surface area contributed by atoms with Crippen LogP contribution < -0.4 is 0 Å². The van der Waals surface area contributed by atoms with Crippen molar-refractivity contribution >= 4 is 0 Å². The normalized spacial score (nSPS) is 32.5. The topological polar surface area (TPSA) is 0 Å². The fraction of sp³-hybridized carbons (Fsp3) is 0.750. The molecular weight excluding hydrogens is 192 g/mol. The van der Waals surface area contributed by atoms with Crippen LogP contribution in [0.5, 0.6) is 0 Å². The van der Waals surface area contributed by atoms with Crippen molar-refractivity contribution in [3.05, 3.63) is 24.3 Å². The SMILES string of the molecule is C/C=C\C.C/C=C\C.CC1C(C)C(C)C1C. The van der Waals surface area contributed by atoms with E-state index in [1.165, 1.54) is 0 Å². The maximum Gasteiger partial charge on any atom is -0.0386 e. The Labute approximate surface area is 104 Å². The molecule has 0 unspecified atom stereocenters. The van der Waals surface area contributed by atoms with Crippen molar-refractivity contribution in [1.82, 2.24) is 0 Å². The summed E-state index contributed by atoms with van der Waals surface area (Å²) in [5, 5.41) is 0. The molecule has 0 aromatic rings. The zero-order valence-corrected chi connectivity index (χ0v) is 12.6. The quantitative estimate of drug-likeness (QED) is 0.462. The number of hydrogen-bond donors (Lipinski definition) is 0. The van der Waals surface area contributed by atoms with Crippen molar-refractivity contribution in [2.24, 2.45) is 23.7 Å². The van der Waals surface area contributed by atoms with Crippen LogP contribution in [0, 0.1) is 23.7 Å². The van der Waals surface area contributed by atoms with E-state index in [4.69, 9.17) is 0 Å². The van der Waals surface area contributed by atoms with E-state index in [0.29, 0.717) is 0 Å². The summed E-state index contributed by atoms with van der Waals surface area (Å²) in [5.41, 5.74) is 0. The second kappa shape index (κ2) is 11.0. The Morgan fingerprint density at radius 2 is 0.562 bits per heavy atom. The Balaban J connectivity index is 0. The minimum atomic E-state index is 0.977. The second-order valence-corrected chi connectivity index (χ2v) is 4.77. The molecule has 0 bridgehead atoms. The summed E-state index contributed by atoms with van der Waals surface area (Å²) >= 11 is 0. The molecule has 1 aliphatic rings. The van der Waals surface area contributed by atoms with Gasteiger partial charge in [0.2, 0.25) is 0 Å². The third-order valence-corrected chi connectivity index (χ3v) is 3.98. The highest BCUT2D eigenvalue weighted by atomic mass is 14.4. The lowest BCUT2D eigenvalue weighted by atomic mass is 9.60. The van der Waals surface area contributed by atoms with E-state index in [2.05, 4.69) is 27.7 Å². The van der Waals surface area contributed by atoms with Crippen LogP contribution in [0.1, 0.15) is 55.4 Å². The fourth-order valence-electron chi connectivity index (χ4n) is 1.77. The third-order valence-electron chi connectivity index (χ3n) is 3.98. The summed E-state index contributed by atoms with van der Waals surface area (Å²) in [6.07, 6.45) is 8.00. The van der Waals surface area contributed by atoms with Crippen molar-refractivity contribution in [3.63, 3.8) is 0 Å². The Kier molecular flexibility index (Phi) is 12.3. The van der Waals surface area contributed by atoms with Crippen LogP contribution in [0.4, 0.5) is 0 Å². The maximum absolute atomic E-state index is 2.36. The van der Waals surface area contributed by atoms with Gasteiger partial charge in [-0.05, 0) is 51.4 Å². The van der Waals surface area contributed by atoms with Crippen LogP contribution in [0.25, 0.3) is 0 Å². The summed E-state index contributed by atoms with van der Waals surface area (Å²) in [6, 6.07) is 0. The molecule has 0 amide bonds. The van der Waals surface area contributed by atoms with Gasteiger partial charge in [0, 0.05) is 0 Å². The molecule has 0 saturated heterocycles. The first kappa shape index (κ1) is 17.9. The molecule has 1 saturated carbocycles. The van der Waals surface area contributed by atoms with Gasteiger partial charge in [-0.25, -0.2) is 0 Å². The minimum Gasteiger partial charge on any atom is -0.0919 e. The average molecular weight is 224 g/mol. The third kappa shape index (κ3) is 6.87. The molecule has 16 heavy (non-hydrogen) atoms. The average Bonchev–Trinajstić information content (AvgIpc) is 2.36. The largest absolute Gasteiger partial charge is 0.0919 e. The van der Waals surface area contributed by atoms with Gasteiger partial charge in [-0.3, -0.25) is 0 Å². The highest BCUT2D eigenvalue weighted by Gasteiger charge is 2.38. The van der Waals surface area contributed by atoms with Crippen molar-refractivity contribution in [3.8, 4) is 0 Å². The predicted molar refractivity (Wildman–Crippen MR) is 77.6 cm³/mol. The molecule has 0 radical (unpaired) electrons. The van der Waals surface area contributed by atoms with Gasteiger partial charge in [0.05, 0.1) is 0 Å². The lowest BCUT2D eigenvalue weighted by Gasteiger charge is -2.45. The van der Waals surface area contributed by atoms with Crippen LogP contribution in [0.2, 0.25) is 0 Å². The molecule has 0 nitrogen and oxygen atoms in total. The first-order chi connectivity index (χ1) is 7.47. The van der Waals surface area contributed by atoms with Gasteiger partial charge in [0.15, 0.2) is 0 Å². The molecular formula is C16H32. The van der Waals surface area contributed by atoms with Gasteiger partial charge in [-0.15, -0.1) is 0 Å². The van der Waals surface area contributed by atoms with Crippen LogP contribution in [-0.4, -0.2) is 0 Å². The van der Waals surface area contributed by atoms with Crippen LogP contribution in [-0.2, 0) is 0 Å². The number of rotatable bonds is 0. The van der Waals surface area contributed by atoms with Crippen LogP contribution in [0.15, 0.2) is 24.3 Å².